The summed E-state index contributed by atoms with van der Waals surface area (Å²) in [6, 6.07) is 5.37. The van der Waals surface area contributed by atoms with Gasteiger partial charge in [-0.1, -0.05) is 23.2 Å². The van der Waals surface area contributed by atoms with Crippen LogP contribution in [0.1, 0.15) is 5.69 Å². The number of hydrogen-bond acceptors (Lipinski definition) is 5. The number of nitrogens with zero attached hydrogens (tertiary/aromatic N) is 3. The average molecular weight is 312 g/mol. The second-order valence-electron chi connectivity index (χ2n) is 4.56. The van der Waals surface area contributed by atoms with Crippen LogP contribution in [0.3, 0.4) is 0 Å². The molecule has 0 aliphatic carbocycles. The minimum Gasteiger partial charge on any atom is -0.375 e. The van der Waals surface area contributed by atoms with E-state index in [4.69, 9.17) is 28.9 Å². The largest absolute Gasteiger partial charge is 0.375 e. The lowest BCUT2D eigenvalue weighted by Gasteiger charge is -2.17. The fourth-order valence-electron chi connectivity index (χ4n) is 1.87. The molecule has 0 atom stereocenters. The maximum Gasteiger partial charge on any atom is 0.222 e. The van der Waals surface area contributed by atoms with Gasteiger partial charge in [0, 0.05) is 31.5 Å². The van der Waals surface area contributed by atoms with E-state index in [-0.39, 0.29) is 5.95 Å². The van der Waals surface area contributed by atoms with Crippen molar-refractivity contribution in [2.24, 2.45) is 0 Å². The molecule has 0 saturated carbocycles. The first-order chi connectivity index (χ1) is 9.36. The van der Waals surface area contributed by atoms with Crippen molar-refractivity contribution in [2.45, 2.75) is 6.92 Å². The number of nitrogens with one attached hydrogen (secondary N) is 1. The maximum atomic E-state index is 6.23. The van der Waals surface area contributed by atoms with Crippen molar-refractivity contribution in [3.8, 4) is 0 Å². The van der Waals surface area contributed by atoms with Crippen LogP contribution in [0.4, 0.5) is 23.1 Å². The van der Waals surface area contributed by atoms with Crippen molar-refractivity contribution >= 4 is 46.3 Å². The van der Waals surface area contributed by atoms with E-state index in [0.29, 0.717) is 15.9 Å². The summed E-state index contributed by atoms with van der Waals surface area (Å²) >= 11 is 12.5. The molecule has 0 radical (unpaired) electrons. The molecule has 0 bridgehead atoms. The fraction of sp³-hybridized carbons (Fsp3) is 0.231. The molecule has 0 spiro atoms. The summed E-state index contributed by atoms with van der Waals surface area (Å²) in [7, 11) is 3.77. The van der Waals surface area contributed by atoms with Gasteiger partial charge in [-0.3, -0.25) is 0 Å². The van der Waals surface area contributed by atoms with E-state index < -0.39 is 0 Å². The molecular formula is C13H15Cl2N5. The van der Waals surface area contributed by atoms with Gasteiger partial charge in [-0.15, -0.1) is 0 Å². The SMILES string of the molecule is Cc1cc(Nc2cc(Cl)c(N(C)C)c(Cl)c2)nc(N)n1. The Morgan fingerprint density at radius 2 is 1.70 bits per heavy atom. The normalized spacial score (nSPS) is 10.4. The summed E-state index contributed by atoms with van der Waals surface area (Å²) in [5.41, 5.74) is 7.91. The van der Waals surface area contributed by atoms with Crippen molar-refractivity contribution in [3.63, 3.8) is 0 Å². The Labute approximate surface area is 127 Å². The molecule has 5 nitrogen and oxygen atoms in total. The lowest BCUT2D eigenvalue weighted by atomic mass is 10.2. The zero-order valence-corrected chi connectivity index (χ0v) is 12.9. The Hall–Kier alpha value is -1.72. The summed E-state index contributed by atoms with van der Waals surface area (Å²) in [6.07, 6.45) is 0. The summed E-state index contributed by atoms with van der Waals surface area (Å²) < 4.78 is 0. The number of halogens is 2. The van der Waals surface area contributed by atoms with E-state index in [1.165, 1.54) is 0 Å². The molecule has 20 heavy (non-hydrogen) atoms. The third-order valence-electron chi connectivity index (χ3n) is 2.61. The topological polar surface area (TPSA) is 67.1 Å². The highest BCUT2D eigenvalue weighted by Crippen LogP contribution is 2.36. The van der Waals surface area contributed by atoms with E-state index in [1.54, 1.807) is 18.2 Å². The van der Waals surface area contributed by atoms with Gasteiger partial charge in [0.2, 0.25) is 5.95 Å². The molecule has 1 aromatic carbocycles. The third-order valence-corrected chi connectivity index (χ3v) is 3.18. The quantitative estimate of drug-likeness (QED) is 0.908. The number of rotatable bonds is 3. The molecule has 106 valence electrons. The van der Waals surface area contributed by atoms with Gasteiger partial charge in [0.25, 0.3) is 0 Å². The van der Waals surface area contributed by atoms with E-state index in [9.17, 15) is 0 Å². The van der Waals surface area contributed by atoms with Gasteiger partial charge in [0.05, 0.1) is 15.7 Å². The predicted octanol–water partition coefficient (Wildman–Crippen LogP) is 3.48. The summed E-state index contributed by atoms with van der Waals surface area (Å²) in [4.78, 5) is 9.98. The number of nitrogens with two attached hydrogens (primary N) is 1. The Morgan fingerprint density at radius 1 is 1.10 bits per heavy atom. The molecular weight excluding hydrogens is 297 g/mol. The smallest absolute Gasteiger partial charge is 0.222 e. The molecule has 1 heterocycles. The zero-order valence-electron chi connectivity index (χ0n) is 11.4. The van der Waals surface area contributed by atoms with Gasteiger partial charge in [-0.05, 0) is 19.1 Å². The van der Waals surface area contributed by atoms with E-state index >= 15 is 0 Å². The molecule has 0 amide bonds. The van der Waals surface area contributed by atoms with Crippen LogP contribution < -0.4 is 16.0 Å². The van der Waals surface area contributed by atoms with Crippen molar-refractivity contribution < 1.29 is 0 Å². The first-order valence-corrected chi connectivity index (χ1v) is 6.67. The molecule has 0 aliphatic heterocycles. The lowest BCUT2D eigenvalue weighted by Crippen LogP contribution is -2.10. The van der Waals surface area contributed by atoms with Crippen molar-refractivity contribution in [2.75, 3.05) is 30.0 Å². The highest BCUT2D eigenvalue weighted by molar-refractivity contribution is 6.39. The number of nitrogen functional groups attached to an aromatic ring is 1. The van der Waals surface area contributed by atoms with Gasteiger partial charge in [-0.2, -0.15) is 4.98 Å². The highest BCUT2D eigenvalue weighted by atomic mass is 35.5. The van der Waals surface area contributed by atoms with Crippen LogP contribution in [-0.4, -0.2) is 24.1 Å². The Morgan fingerprint density at radius 3 is 2.20 bits per heavy atom. The number of aryl methyl sites for hydroxylation is 1. The van der Waals surface area contributed by atoms with Crippen LogP contribution in [0.15, 0.2) is 18.2 Å². The van der Waals surface area contributed by atoms with Crippen LogP contribution in [0.5, 0.6) is 0 Å². The van der Waals surface area contributed by atoms with Gasteiger partial charge in [-0.25, -0.2) is 4.98 Å². The number of anilines is 4. The second kappa shape index (κ2) is 5.73. The van der Waals surface area contributed by atoms with Crippen LogP contribution >= 0.6 is 23.2 Å². The van der Waals surface area contributed by atoms with E-state index in [1.807, 2.05) is 25.9 Å². The van der Waals surface area contributed by atoms with Gasteiger partial charge < -0.3 is 16.0 Å². The maximum absolute atomic E-state index is 6.23. The van der Waals surface area contributed by atoms with E-state index in [0.717, 1.165) is 17.1 Å². The van der Waals surface area contributed by atoms with Gasteiger partial charge in [0.15, 0.2) is 0 Å². The first-order valence-electron chi connectivity index (χ1n) is 5.91. The third kappa shape index (κ3) is 3.23. The number of benzene rings is 1. The van der Waals surface area contributed by atoms with Crippen LogP contribution in [0.2, 0.25) is 10.0 Å². The minimum atomic E-state index is 0.217. The van der Waals surface area contributed by atoms with E-state index in [2.05, 4.69) is 15.3 Å². The Kier molecular flexibility index (Phi) is 4.20. The average Bonchev–Trinajstić information content (AvgIpc) is 2.25. The fourth-order valence-corrected chi connectivity index (χ4v) is 2.69. The standard InChI is InChI=1S/C13H15Cl2N5/c1-7-4-11(19-13(16)17-7)18-8-5-9(14)12(20(2)3)10(15)6-8/h4-6H,1-3H3,(H3,16,17,18,19). The summed E-state index contributed by atoms with van der Waals surface area (Å²) in [5.74, 6) is 0.814. The molecule has 3 N–H and O–H groups in total. The summed E-state index contributed by atoms with van der Waals surface area (Å²) in [6.45, 7) is 1.85. The van der Waals surface area contributed by atoms with Crippen LogP contribution in [0.25, 0.3) is 0 Å². The van der Waals surface area contributed by atoms with Gasteiger partial charge >= 0.3 is 0 Å². The molecule has 0 unspecified atom stereocenters. The van der Waals surface area contributed by atoms with Crippen molar-refractivity contribution in [1.82, 2.24) is 9.97 Å². The lowest BCUT2D eigenvalue weighted by molar-refractivity contribution is 1.12. The Balaban J connectivity index is 2.35. The zero-order chi connectivity index (χ0) is 14.9. The molecule has 0 saturated heterocycles. The monoisotopic (exact) mass is 311 g/mol. The van der Waals surface area contributed by atoms with Crippen molar-refractivity contribution in [3.05, 3.63) is 33.9 Å². The summed E-state index contributed by atoms with van der Waals surface area (Å²) in [5, 5.41) is 4.23. The minimum absolute atomic E-state index is 0.217. The molecule has 2 aromatic rings. The van der Waals surface area contributed by atoms with Crippen LogP contribution in [-0.2, 0) is 0 Å². The van der Waals surface area contributed by atoms with Gasteiger partial charge in [0.1, 0.15) is 5.82 Å². The van der Waals surface area contributed by atoms with Crippen molar-refractivity contribution in [1.29, 1.82) is 0 Å². The molecule has 0 fully saturated rings. The van der Waals surface area contributed by atoms with Crippen LogP contribution in [0, 0.1) is 6.92 Å². The second-order valence-corrected chi connectivity index (χ2v) is 5.38. The molecule has 1 aromatic heterocycles. The molecule has 0 aliphatic rings. The number of hydrogen-bond donors (Lipinski definition) is 2. The molecule has 7 heteroatoms. The predicted molar refractivity (Wildman–Crippen MR) is 85.3 cm³/mol. The number of aromatic nitrogens is 2. The first kappa shape index (κ1) is 14.7. The molecule has 2 rings (SSSR count). The Bertz CT molecular complexity index is 599. The highest BCUT2D eigenvalue weighted by Gasteiger charge is 2.10.